The van der Waals surface area contributed by atoms with Crippen LogP contribution in [0, 0.1) is 6.92 Å². The molecule has 1 atom stereocenters. The maximum absolute atomic E-state index is 12.5. The highest BCUT2D eigenvalue weighted by atomic mass is 16.5. The highest BCUT2D eigenvalue weighted by Crippen LogP contribution is 2.15. The van der Waals surface area contributed by atoms with Gasteiger partial charge in [-0.1, -0.05) is 29.8 Å². The molecule has 1 amide bonds. The van der Waals surface area contributed by atoms with Crippen LogP contribution in [0.3, 0.4) is 0 Å². The Morgan fingerprint density at radius 1 is 1.23 bits per heavy atom. The Kier molecular flexibility index (Phi) is 6.36. The van der Waals surface area contributed by atoms with E-state index in [1.165, 1.54) is 5.56 Å². The second kappa shape index (κ2) is 8.27. The van der Waals surface area contributed by atoms with Gasteiger partial charge in [-0.15, -0.1) is 0 Å². The third kappa shape index (κ3) is 4.53. The van der Waals surface area contributed by atoms with Gasteiger partial charge in [0.25, 0.3) is 0 Å². The van der Waals surface area contributed by atoms with Crippen molar-refractivity contribution in [1.82, 2.24) is 9.80 Å². The summed E-state index contributed by atoms with van der Waals surface area (Å²) in [5, 5.41) is 0. The van der Waals surface area contributed by atoms with Gasteiger partial charge in [0.1, 0.15) is 6.04 Å². The van der Waals surface area contributed by atoms with Crippen molar-refractivity contribution in [3.63, 3.8) is 0 Å². The van der Waals surface area contributed by atoms with Crippen molar-refractivity contribution in [2.24, 2.45) is 5.73 Å². The SMILES string of the molecule is CCOCCN1CCN(C(=O)C(N)c2ccc(C)cc2)CC1. The Balaban J connectivity index is 1.82. The van der Waals surface area contributed by atoms with E-state index < -0.39 is 6.04 Å². The predicted molar refractivity (Wildman–Crippen MR) is 87.6 cm³/mol. The van der Waals surface area contributed by atoms with Crippen LogP contribution in [0.5, 0.6) is 0 Å². The molecule has 0 saturated carbocycles. The number of nitrogens with two attached hydrogens (primary N) is 1. The number of hydrogen-bond acceptors (Lipinski definition) is 4. The summed E-state index contributed by atoms with van der Waals surface area (Å²) in [4.78, 5) is 16.7. The van der Waals surface area contributed by atoms with Crippen LogP contribution in [0.2, 0.25) is 0 Å². The third-order valence-corrected chi connectivity index (χ3v) is 4.14. The van der Waals surface area contributed by atoms with Crippen LogP contribution in [-0.2, 0) is 9.53 Å². The highest BCUT2D eigenvalue weighted by Gasteiger charge is 2.25. The summed E-state index contributed by atoms with van der Waals surface area (Å²) < 4.78 is 5.37. The Labute approximate surface area is 133 Å². The molecule has 5 heteroatoms. The maximum Gasteiger partial charge on any atom is 0.244 e. The van der Waals surface area contributed by atoms with Gasteiger partial charge < -0.3 is 15.4 Å². The normalized spacial score (nSPS) is 17.5. The number of ether oxygens (including phenoxy) is 1. The summed E-state index contributed by atoms with van der Waals surface area (Å²) in [5.74, 6) is 0.0216. The molecular formula is C17H27N3O2. The molecule has 2 rings (SSSR count). The highest BCUT2D eigenvalue weighted by molar-refractivity contribution is 5.83. The third-order valence-electron chi connectivity index (χ3n) is 4.14. The van der Waals surface area contributed by atoms with Crippen molar-refractivity contribution in [3.8, 4) is 0 Å². The van der Waals surface area contributed by atoms with Gasteiger partial charge in [0, 0.05) is 39.3 Å². The average molecular weight is 305 g/mol. The van der Waals surface area contributed by atoms with E-state index in [9.17, 15) is 4.79 Å². The summed E-state index contributed by atoms with van der Waals surface area (Å²) in [7, 11) is 0. The smallest absolute Gasteiger partial charge is 0.244 e. The molecule has 1 heterocycles. The fraction of sp³-hybridized carbons (Fsp3) is 0.588. The first-order chi connectivity index (χ1) is 10.6. The molecule has 122 valence electrons. The van der Waals surface area contributed by atoms with E-state index in [0.717, 1.165) is 51.5 Å². The van der Waals surface area contributed by atoms with Crippen LogP contribution < -0.4 is 5.73 Å². The maximum atomic E-state index is 12.5. The number of carbonyl (C=O) groups is 1. The number of nitrogens with zero attached hydrogens (tertiary/aromatic N) is 2. The lowest BCUT2D eigenvalue weighted by Crippen LogP contribution is -2.51. The fourth-order valence-corrected chi connectivity index (χ4v) is 2.64. The van der Waals surface area contributed by atoms with Crippen molar-refractivity contribution in [2.75, 3.05) is 45.9 Å². The van der Waals surface area contributed by atoms with Crippen molar-refractivity contribution in [1.29, 1.82) is 0 Å². The number of benzene rings is 1. The van der Waals surface area contributed by atoms with E-state index in [1.54, 1.807) is 0 Å². The lowest BCUT2D eigenvalue weighted by molar-refractivity contribution is -0.134. The van der Waals surface area contributed by atoms with Gasteiger partial charge >= 0.3 is 0 Å². The largest absolute Gasteiger partial charge is 0.380 e. The number of amides is 1. The quantitative estimate of drug-likeness (QED) is 0.802. The number of carbonyl (C=O) groups excluding carboxylic acids is 1. The minimum Gasteiger partial charge on any atom is -0.380 e. The molecule has 1 fully saturated rings. The molecular weight excluding hydrogens is 278 g/mol. The zero-order valence-electron chi connectivity index (χ0n) is 13.6. The van der Waals surface area contributed by atoms with Gasteiger partial charge in [-0.25, -0.2) is 0 Å². The van der Waals surface area contributed by atoms with Gasteiger partial charge in [-0.3, -0.25) is 9.69 Å². The Morgan fingerprint density at radius 3 is 2.45 bits per heavy atom. The van der Waals surface area contributed by atoms with E-state index in [1.807, 2.05) is 43.0 Å². The molecule has 0 radical (unpaired) electrons. The van der Waals surface area contributed by atoms with Crippen LogP contribution in [-0.4, -0.2) is 61.6 Å². The van der Waals surface area contributed by atoms with Crippen LogP contribution in [0.4, 0.5) is 0 Å². The van der Waals surface area contributed by atoms with Gasteiger partial charge in [-0.05, 0) is 19.4 Å². The standard InChI is InChI=1S/C17H27N3O2/c1-3-22-13-12-19-8-10-20(11-9-19)17(21)16(18)15-6-4-14(2)5-7-15/h4-7,16H,3,8-13,18H2,1-2H3. The number of rotatable bonds is 6. The van der Waals surface area contributed by atoms with Crippen LogP contribution in [0.25, 0.3) is 0 Å². The second-order valence-corrected chi connectivity index (χ2v) is 5.75. The molecule has 1 aliphatic rings. The zero-order valence-corrected chi connectivity index (χ0v) is 13.6. The summed E-state index contributed by atoms with van der Waals surface area (Å²) in [5.41, 5.74) is 8.18. The van der Waals surface area contributed by atoms with E-state index >= 15 is 0 Å². The summed E-state index contributed by atoms with van der Waals surface area (Å²) in [6.07, 6.45) is 0. The summed E-state index contributed by atoms with van der Waals surface area (Å²) in [6.45, 7) is 9.73. The second-order valence-electron chi connectivity index (χ2n) is 5.75. The van der Waals surface area contributed by atoms with E-state index in [0.29, 0.717) is 0 Å². The van der Waals surface area contributed by atoms with Crippen LogP contribution in [0.15, 0.2) is 24.3 Å². The minimum absolute atomic E-state index is 0.0216. The molecule has 1 saturated heterocycles. The van der Waals surface area contributed by atoms with Crippen LogP contribution in [0.1, 0.15) is 24.1 Å². The summed E-state index contributed by atoms with van der Waals surface area (Å²) in [6, 6.07) is 7.31. The molecule has 1 aromatic carbocycles. The first-order valence-corrected chi connectivity index (χ1v) is 8.03. The molecule has 1 aromatic rings. The molecule has 5 nitrogen and oxygen atoms in total. The Morgan fingerprint density at radius 2 is 1.86 bits per heavy atom. The Hall–Kier alpha value is -1.43. The Bertz CT molecular complexity index is 467. The minimum atomic E-state index is -0.560. The fourth-order valence-electron chi connectivity index (χ4n) is 2.64. The number of hydrogen-bond donors (Lipinski definition) is 1. The van der Waals surface area contributed by atoms with Crippen LogP contribution >= 0.6 is 0 Å². The molecule has 0 aliphatic carbocycles. The first-order valence-electron chi connectivity index (χ1n) is 8.03. The number of piperazine rings is 1. The van der Waals surface area contributed by atoms with Gasteiger partial charge in [0.2, 0.25) is 5.91 Å². The van der Waals surface area contributed by atoms with E-state index in [2.05, 4.69) is 4.90 Å². The molecule has 22 heavy (non-hydrogen) atoms. The van der Waals surface area contributed by atoms with Crippen molar-refractivity contribution < 1.29 is 9.53 Å². The monoisotopic (exact) mass is 305 g/mol. The molecule has 0 spiro atoms. The van der Waals surface area contributed by atoms with E-state index in [4.69, 9.17) is 10.5 Å². The topological polar surface area (TPSA) is 58.8 Å². The van der Waals surface area contributed by atoms with E-state index in [-0.39, 0.29) is 5.91 Å². The molecule has 0 bridgehead atoms. The summed E-state index contributed by atoms with van der Waals surface area (Å²) >= 11 is 0. The molecule has 1 aliphatic heterocycles. The predicted octanol–water partition coefficient (Wildman–Crippen LogP) is 1.18. The molecule has 0 aromatic heterocycles. The van der Waals surface area contributed by atoms with Crippen molar-refractivity contribution in [2.45, 2.75) is 19.9 Å². The average Bonchev–Trinajstić information content (AvgIpc) is 2.55. The van der Waals surface area contributed by atoms with Gasteiger partial charge in [0.15, 0.2) is 0 Å². The first kappa shape index (κ1) is 16.9. The lowest BCUT2D eigenvalue weighted by Gasteiger charge is -2.35. The lowest BCUT2D eigenvalue weighted by atomic mass is 10.0. The van der Waals surface area contributed by atoms with Gasteiger partial charge in [0.05, 0.1) is 6.61 Å². The van der Waals surface area contributed by atoms with Gasteiger partial charge in [-0.2, -0.15) is 0 Å². The zero-order chi connectivity index (χ0) is 15.9. The van der Waals surface area contributed by atoms with Crippen molar-refractivity contribution in [3.05, 3.63) is 35.4 Å². The van der Waals surface area contributed by atoms with Crippen molar-refractivity contribution >= 4 is 5.91 Å². The molecule has 2 N–H and O–H groups in total. The number of aryl methyl sites for hydroxylation is 1. The molecule has 1 unspecified atom stereocenters.